The Hall–Kier alpha value is -0.0600. The topological polar surface area (TPSA) is 21.3 Å². The van der Waals surface area contributed by atoms with Crippen molar-refractivity contribution in [1.29, 1.82) is 0 Å². The maximum atomic E-state index is 5.39. The Balaban J connectivity index is 2.85. The maximum absolute atomic E-state index is 5.39. The highest BCUT2D eigenvalue weighted by atomic mass is 79.9. The molecule has 1 atom stereocenters. The summed E-state index contributed by atoms with van der Waals surface area (Å²) in [7, 11) is 1.70. The first-order valence-corrected chi connectivity index (χ1v) is 6.92. The van der Waals surface area contributed by atoms with E-state index in [2.05, 4.69) is 57.1 Å². The third-order valence-corrected chi connectivity index (χ3v) is 3.59. The normalized spacial score (nSPS) is 12.6. The summed E-state index contributed by atoms with van der Waals surface area (Å²) >= 11 is 6.99. The van der Waals surface area contributed by atoms with E-state index in [-0.39, 0.29) is 0 Å². The summed E-state index contributed by atoms with van der Waals surface area (Å²) in [6.45, 7) is 5.17. The third kappa shape index (κ3) is 3.75. The van der Waals surface area contributed by atoms with Gasteiger partial charge in [-0.3, -0.25) is 0 Å². The van der Waals surface area contributed by atoms with Crippen LogP contribution in [0.3, 0.4) is 0 Å². The lowest BCUT2D eigenvalue weighted by atomic mass is 10.2. The van der Waals surface area contributed by atoms with Crippen LogP contribution in [0.2, 0.25) is 0 Å². The van der Waals surface area contributed by atoms with Gasteiger partial charge in [-0.25, -0.2) is 0 Å². The number of nitrogens with one attached hydrogen (secondary N) is 1. The van der Waals surface area contributed by atoms with E-state index in [1.54, 1.807) is 7.11 Å². The third-order valence-electron chi connectivity index (χ3n) is 2.54. The minimum absolute atomic E-state index is 0.516. The van der Waals surface area contributed by atoms with Crippen LogP contribution in [0, 0.1) is 0 Å². The van der Waals surface area contributed by atoms with Gasteiger partial charge in [0, 0.05) is 22.6 Å². The van der Waals surface area contributed by atoms with Crippen LogP contribution in [-0.4, -0.2) is 13.2 Å². The largest absolute Gasteiger partial charge is 0.495 e. The lowest BCUT2D eigenvalue weighted by molar-refractivity contribution is 0.402. The van der Waals surface area contributed by atoms with Crippen LogP contribution in [0.25, 0.3) is 0 Å². The summed E-state index contributed by atoms with van der Waals surface area (Å²) in [5.74, 6) is 0.902. The highest BCUT2D eigenvalue weighted by molar-refractivity contribution is 9.11. The van der Waals surface area contributed by atoms with Crippen LogP contribution in [0.15, 0.2) is 21.1 Å². The van der Waals surface area contributed by atoms with E-state index in [0.29, 0.717) is 6.04 Å². The van der Waals surface area contributed by atoms with Crippen molar-refractivity contribution >= 4 is 31.9 Å². The van der Waals surface area contributed by atoms with E-state index in [9.17, 15) is 0 Å². The van der Waals surface area contributed by atoms with Gasteiger partial charge in [0.05, 0.1) is 11.6 Å². The fourth-order valence-corrected chi connectivity index (χ4v) is 2.88. The van der Waals surface area contributed by atoms with Gasteiger partial charge in [-0.05, 0) is 41.4 Å². The summed E-state index contributed by atoms with van der Waals surface area (Å²) < 4.78 is 7.42. The molecule has 0 radical (unpaired) electrons. The van der Waals surface area contributed by atoms with E-state index in [1.165, 1.54) is 0 Å². The second-order valence-corrected chi connectivity index (χ2v) is 5.54. The molecular weight excluding hydrogens is 334 g/mol. The molecule has 16 heavy (non-hydrogen) atoms. The lowest BCUT2D eigenvalue weighted by Crippen LogP contribution is -2.24. The van der Waals surface area contributed by atoms with E-state index in [1.807, 2.05) is 6.07 Å². The smallest absolute Gasteiger partial charge is 0.137 e. The Kier molecular flexibility index (Phi) is 5.79. The van der Waals surface area contributed by atoms with Gasteiger partial charge in [-0.2, -0.15) is 0 Å². The average molecular weight is 351 g/mol. The van der Waals surface area contributed by atoms with Crippen molar-refractivity contribution < 1.29 is 4.74 Å². The standard InChI is InChI=1S/C12H17Br2NO/c1-4-8(2)15-7-9-5-10(13)6-11(14)12(9)16-3/h5-6,8,15H,4,7H2,1-3H3. The monoisotopic (exact) mass is 349 g/mol. The van der Waals surface area contributed by atoms with Crippen LogP contribution >= 0.6 is 31.9 Å². The quantitative estimate of drug-likeness (QED) is 0.862. The summed E-state index contributed by atoms with van der Waals surface area (Å²) in [6, 6.07) is 4.59. The van der Waals surface area contributed by atoms with Crippen LogP contribution < -0.4 is 10.1 Å². The minimum Gasteiger partial charge on any atom is -0.495 e. The van der Waals surface area contributed by atoms with E-state index in [4.69, 9.17) is 4.74 Å². The summed E-state index contributed by atoms with van der Waals surface area (Å²) in [4.78, 5) is 0. The van der Waals surface area contributed by atoms with Gasteiger partial charge in [0.1, 0.15) is 5.75 Å². The van der Waals surface area contributed by atoms with Crippen molar-refractivity contribution in [3.8, 4) is 5.75 Å². The number of methoxy groups -OCH3 is 1. The zero-order chi connectivity index (χ0) is 12.1. The second kappa shape index (κ2) is 6.62. The molecule has 90 valence electrons. The number of hydrogen-bond acceptors (Lipinski definition) is 2. The van der Waals surface area contributed by atoms with Gasteiger partial charge in [0.25, 0.3) is 0 Å². The average Bonchev–Trinajstić information content (AvgIpc) is 2.25. The van der Waals surface area contributed by atoms with Gasteiger partial charge in [-0.15, -0.1) is 0 Å². The highest BCUT2D eigenvalue weighted by Gasteiger charge is 2.09. The van der Waals surface area contributed by atoms with Crippen molar-refractivity contribution in [3.63, 3.8) is 0 Å². The maximum Gasteiger partial charge on any atom is 0.137 e. The Labute approximate surface area is 114 Å². The fourth-order valence-electron chi connectivity index (χ4n) is 1.40. The van der Waals surface area contributed by atoms with Crippen molar-refractivity contribution in [2.75, 3.05) is 7.11 Å². The minimum atomic E-state index is 0.516. The molecule has 1 aromatic rings. The molecule has 1 aromatic carbocycles. The zero-order valence-electron chi connectivity index (χ0n) is 9.81. The van der Waals surface area contributed by atoms with Crippen LogP contribution in [-0.2, 0) is 6.54 Å². The molecule has 0 heterocycles. The Morgan fingerprint density at radius 2 is 2.06 bits per heavy atom. The van der Waals surface area contributed by atoms with Crippen molar-refractivity contribution in [2.45, 2.75) is 32.9 Å². The summed E-state index contributed by atoms with van der Waals surface area (Å²) in [5.41, 5.74) is 1.16. The molecule has 1 unspecified atom stereocenters. The molecule has 2 nitrogen and oxygen atoms in total. The molecule has 4 heteroatoms. The highest BCUT2D eigenvalue weighted by Crippen LogP contribution is 2.32. The molecule has 0 aromatic heterocycles. The van der Waals surface area contributed by atoms with Gasteiger partial charge in [0.2, 0.25) is 0 Å². The molecule has 1 N–H and O–H groups in total. The molecule has 0 aliphatic rings. The van der Waals surface area contributed by atoms with Gasteiger partial charge in [0.15, 0.2) is 0 Å². The number of ether oxygens (including phenoxy) is 1. The molecule has 0 aliphatic heterocycles. The molecule has 1 rings (SSSR count). The van der Waals surface area contributed by atoms with Crippen molar-refractivity contribution in [1.82, 2.24) is 5.32 Å². The number of benzene rings is 1. The summed E-state index contributed by atoms with van der Waals surface area (Å²) in [5, 5.41) is 3.46. The Bertz CT molecular complexity index is 355. The van der Waals surface area contributed by atoms with Crippen molar-refractivity contribution in [2.24, 2.45) is 0 Å². The number of halogens is 2. The molecule has 0 spiro atoms. The molecule has 0 amide bonds. The Morgan fingerprint density at radius 3 is 2.62 bits per heavy atom. The van der Waals surface area contributed by atoms with E-state index >= 15 is 0 Å². The molecule has 0 saturated heterocycles. The molecule has 0 bridgehead atoms. The van der Waals surface area contributed by atoms with Crippen LogP contribution in [0.5, 0.6) is 5.75 Å². The Morgan fingerprint density at radius 1 is 1.38 bits per heavy atom. The lowest BCUT2D eigenvalue weighted by Gasteiger charge is -2.15. The number of rotatable bonds is 5. The SMILES string of the molecule is CCC(C)NCc1cc(Br)cc(Br)c1OC. The first-order chi connectivity index (χ1) is 7.58. The first kappa shape index (κ1) is 14.0. The van der Waals surface area contributed by atoms with E-state index < -0.39 is 0 Å². The summed E-state index contributed by atoms with van der Waals surface area (Å²) in [6.07, 6.45) is 1.12. The molecular formula is C12H17Br2NO. The van der Waals surface area contributed by atoms with Gasteiger partial charge in [-0.1, -0.05) is 22.9 Å². The predicted octanol–water partition coefficient (Wildman–Crippen LogP) is 4.11. The fraction of sp³-hybridized carbons (Fsp3) is 0.500. The van der Waals surface area contributed by atoms with Gasteiger partial charge < -0.3 is 10.1 Å². The van der Waals surface area contributed by atoms with Crippen LogP contribution in [0.4, 0.5) is 0 Å². The first-order valence-electron chi connectivity index (χ1n) is 5.33. The molecule has 0 fully saturated rings. The molecule has 0 aliphatic carbocycles. The second-order valence-electron chi connectivity index (χ2n) is 3.77. The zero-order valence-corrected chi connectivity index (χ0v) is 13.0. The van der Waals surface area contributed by atoms with Crippen molar-refractivity contribution in [3.05, 3.63) is 26.6 Å². The number of hydrogen-bond donors (Lipinski definition) is 1. The molecule has 0 saturated carbocycles. The predicted molar refractivity (Wildman–Crippen MR) is 75.0 cm³/mol. The van der Waals surface area contributed by atoms with E-state index in [0.717, 1.165) is 33.2 Å². The van der Waals surface area contributed by atoms with Crippen LogP contribution in [0.1, 0.15) is 25.8 Å². The van der Waals surface area contributed by atoms with Gasteiger partial charge >= 0.3 is 0 Å².